The van der Waals surface area contributed by atoms with E-state index >= 15 is 0 Å². The minimum absolute atomic E-state index is 0.625. The molecule has 0 spiro atoms. The second kappa shape index (κ2) is 6.72. The summed E-state index contributed by atoms with van der Waals surface area (Å²) >= 11 is 0. The molecule has 0 radical (unpaired) electrons. The third-order valence-corrected chi connectivity index (χ3v) is 4.93. The van der Waals surface area contributed by atoms with Crippen molar-refractivity contribution in [2.24, 2.45) is 0 Å². The topological polar surface area (TPSA) is 33.1 Å². The van der Waals surface area contributed by atoms with E-state index in [1.807, 2.05) is 6.33 Å². The molecule has 0 amide bonds. The molecule has 0 saturated carbocycles. The zero-order valence-electron chi connectivity index (χ0n) is 12.7. The highest BCUT2D eigenvalue weighted by atomic mass is 15.2. The maximum atomic E-state index is 4.41. The van der Waals surface area contributed by atoms with E-state index in [0.717, 1.165) is 13.1 Å². The van der Waals surface area contributed by atoms with Crippen LogP contribution in [0, 0.1) is 0 Å². The summed E-state index contributed by atoms with van der Waals surface area (Å²) < 4.78 is 2.40. The maximum absolute atomic E-state index is 4.41. The van der Waals surface area contributed by atoms with E-state index in [4.69, 9.17) is 0 Å². The van der Waals surface area contributed by atoms with Crippen LogP contribution < -0.4 is 5.32 Å². The highest BCUT2D eigenvalue weighted by Crippen LogP contribution is 2.23. The zero-order valence-corrected chi connectivity index (χ0v) is 12.7. The Hall–Kier alpha value is -0.870. The Morgan fingerprint density at radius 1 is 1.30 bits per heavy atom. The highest BCUT2D eigenvalue weighted by Gasteiger charge is 2.21. The fourth-order valence-electron chi connectivity index (χ4n) is 3.69. The lowest BCUT2D eigenvalue weighted by molar-refractivity contribution is 0.158. The van der Waals surface area contributed by atoms with Crippen LogP contribution in [-0.4, -0.2) is 46.7 Å². The Bertz CT molecular complexity index is 402. The summed E-state index contributed by atoms with van der Waals surface area (Å²) in [6, 6.07) is 0.625. The van der Waals surface area contributed by atoms with Crippen LogP contribution in [0.15, 0.2) is 12.5 Å². The van der Waals surface area contributed by atoms with E-state index in [1.165, 1.54) is 57.4 Å². The van der Waals surface area contributed by atoms with Gasteiger partial charge in [0.05, 0.1) is 6.33 Å². The molecule has 4 nitrogen and oxygen atoms in total. The van der Waals surface area contributed by atoms with E-state index < -0.39 is 0 Å². The quantitative estimate of drug-likeness (QED) is 0.915. The van der Waals surface area contributed by atoms with Crippen molar-refractivity contribution in [1.82, 2.24) is 19.8 Å². The smallest absolute Gasteiger partial charge is 0.0948 e. The lowest BCUT2D eigenvalue weighted by Gasteiger charge is -2.33. The molecule has 3 heterocycles. The predicted octanol–water partition coefficient (Wildman–Crippen LogP) is 2.22. The van der Waals surface area contributed by atoms with Gasteiger partial charge in [0.1, 0.15) is 0 Å². The second-order valence-electron chi connectivity index (χ2n) is 6.46. The van der Waals surface area contributed by atoms with Crippen LogP contribution in [0.1, 0.15) is 50.6 Å². The first kappa shape index (κ1) is 14.1. The molecule has 1 aromatic rings. The van der Waals surface area contributed by atoms with Crippen molar-refractivity contribution in [2.75, 3.05) is 26.2 Å². The lowest BCUT2D eigenvalue weighted by atomic mass is 9.96. The molecule has 0 aromatic carbocycles. The van der Waals surface area contributed by atoms with Gasteiger partial charge in [-0.05, 0) is 52.2 Å². The number of aromatic nitrogens is 2. The van der Waals surface area contributed by atoms with Gasteiger partial charge in [0, 0.05) is 36.9 Å². The van der Waals surface area contributed by atoms with Gasteiger partial charge in [-0.25, -0.2) is 4.98 Å². The number of hydrogen-bond acceptors (Lipinski definition) is 3. The van der Waals surface area contributed by atoms with E-state index in [9.17, 15) is 0 Å². The van der Waals surface area contributed by atoms with Crippen molar-refractivity contribution >= 4 is 0 Å². The van der Waals surface area contributed by atoms with Crippen LogP contribution in [0.2, 0.25) is 0 Å². The molecule has 0 aliphatic carbocycles. The van der Waals surface area contributed by atoms with Gasteiger partial charge >= 0.3 is 0 Å². The number of nitrogens with one attached hydrogen (secondary N) is 1. The van der Waals surface area contributed by atoms with Gasteiger partial charge in [0.2, 0.25) is 0 Å². The number of piperidine rings is 2. The number of imidazole rings is 1. The van der Waals surface area contributed by atoms with Crippen LogP contribution in [0.3, 0.4) is 0 Å². The van der Waals surface area contributed by atoms with Crippen molar-refractivity contribution in [3.05, 3.63) is 18.2 Å². The van der Waals surface area contributed by atoms with Crippen LogP contribution >= 0.6 is 0 Å². The van der Waals surface area contributed by atoms with Crippen LogP contribution in [0.25, 0.3) is 0 Å². The third-order valence-electron chi connectivity index (χ3n) is 4.93. The SMILES string of the molecule is CC(Cn1cncc1C1CCCNC1)N1CCCCC1. The van der Waals surface area contributed by atoms with E-state index in [0.29, 0.717) is 12.0 Å². The van der Waals surface area contributed by atoms with Crippen LogP contribution in [-0.2, 0) is 6.54 Å². The molecule has 1 aromatic heterocycles. The molecule has 2 saturated heterocycles. The van der Waals surface area contributed by atoms with Gasteiger partial charge < -0.3 is 9.88 Å². The molecular formula is C16H28N4. The summed E-state index contributed by atoms with van der Waals surface area (Å²) in [5.41, 5.74) is 1.43. The molecular weight excluding hydrogens is 248 g/mol. The summed E-state index contributed by atoms with van der Waals surface area (Å²) in [6.07, 6.45) is 10.9. The van der Waals surface area contributed by atoms with E-state index in [1.54, 1.807) is 0 Å². The van der Waals surface area contributed by atoms with E-state index in [2.05, 4.69) is 32.9 Å². The molecule has 2 aliphatic rings. The van der Waals surface area contributed by atoms with Gasteiger partial charge in [-0.1, -0.05) is 6.42 Å². The molecule has 3 rings (SSSR count). The molecule has 112 valence electrons. The van der Waals surface area contributed by atoms with Gasteiger partial charge in [-0.15, -0.1) is 0 Å². The largest absolute Gasteiger partial charge is 0.333 e. The maximum Gasteiger partial charge on any atom is 0.0948 e. The Balaban J connectivity index is 1.63. The number of hydrogen-bond donors (Lipinski definition) is 1. The summed E-state index contributed by atoms with van der Waals surface area (Å²) in [4.78, 5) is 7.06. The van der Waals surface area contributed by atoms with Crippen molar-refractivity contribution < 1.29 is 0 Å². The fourth-order valence-corrected chi connectivity index (χ4v) is 3.69. The molecule has 0 bridgehead atoms. The normalized spacial score (nSPS) is 26.6. The Kier molecular flexibility index (Phi) is 4.73. The van der Waals surface area contributed by atoms with Gasteiger partial charge in [-0.2, -0.15) is 0 Å². The summed E-state index contributed by atoms with van der Waals surface area (Å²) in [6.45, 7) is 8.30. The van der Waals surface area contributed by atoms with Gasteiger partial charge in [-0.3, -0.25) is 4.90 Å². The van der Waals surface area contributed by atoms with Gasteiger partial charge in [0.25, 0.3) is 0 Å². The molecule has 1 N–H and O–H groups in total. The summed E-state index contributed by atoms with van der Waals surface area (Å²) in [5.74, 6) is 0.653. The molecule has 2 atom stereocenters. The lowest BCUT2D eigenvalue weighted by Crippen LogP contribution is -2.40. The number of nitrogens with zero attached hydrogens (tertiary/aromatic N) is 3. The number of rotatable bonds is 4. The van der Waals surface area contributed by atoms with E-state index in [-0.39, 0.29) is 0 Å². The molecule has 2 aliphatic heterocycles. The molecule has 2 fully saturated rings. The first-order valence-corrected chi connectivity index (χ1v) is 8.29. The fraction of sp³-hybridized carbons (Fsp3) is 0.812. The average molecular weight is 276 g/mol. The number of likely N-dealkylation sites (tertiary alicyclic amines) is 1. The van der Waals surface area contributed by atoms with Crippen LogP contribution in [0.4, 0.5) is 0 Å². The Labute approximate surface area is 122 Å². The summed E-state index contributed by atoms with van der Waals surface area (Å²) in [7, 11) is 0. The van der Waals surface area contributed by atoms with Crippen molar-refractivity contribution in [1.29, 1.82) is 0 Å². The highest BCUT2D eigenvalue weighted by molar-refractivity contribution is 5.08. The minimum Gasteiger partial charge on any atom is -0.333 e. The van der Waals surface area contributed by atoms with Gasteiger partial charge in [0.15, 0.2) is 0 Å². The van der Waals surface area contributed by atoms with Crippen molar-refractivity contribution in [3.63, 3.8) is 0 Å². The third kappa shape index (κ3) is 3.23. The molecule has 2 unspecified atom stereocenters. The minimum atomic E-state index is 0.625. The van der Waals surface area contributed by atoms with Crippen molar-refractivity contribution in [2.45, 2.75) is 57.5 Å². The zero-order chi connectivity index (χ0) is 13.8. The Morgan fingerprint density at radius 2 is 2.15 bits per heavy atom. The monoisotopic (exact) mass is 276 g/mol. The van der Waals surface area contributed by atoms with Crippen molar-refractivity contribution in [3.8, 4) is 0 Å². The Morgan fingerprint density at radius 3 is 2.90 bits per heavy atom. The molecule has 20 heavy (non-hydrogen) atoms. The van der Waals surface area contributed by atoms with Crippen LogP contribution in [0.5, 0.6) is 0 Å². The molecule has 4 heteroatoms. The standard InChI is InChI=1S/C16H28N4/c1-14(19-8-3-2-4-9-19)12-20-13-18-11-16(20)15-6-5-7-17-10-15/h11,13-15,17H,2-10,12H2,1H3. The first-order chi connectivity index (χ1) is 9.84. The predicted molar refractivity (Wildman–Crippen MR) is 82.0 cm³/mol. The summed E-state index contributed by atoms with van der Waals surface area (Å²) in [5, 5.41) is 3.52. The average Bonchev–Trinajstić information content (AvgIpc) is 2.97. The first-order valence-electron chi connectivity index (χ1n) is 8.29. The second-order valence-corrected chi connectivity index (χ2v) is 6.46.